The van der Waals surface area contributed by atoms with Crippen molar-refractivity contribution >= 4 is 23.4 Å². The van der Waals surface area contributed by atoms with Gasteiger partial charge in [-0.2, -0.15) is 0 Å². The zero-order valence-corrected chi connectivity index (χ0v) is 15.9. The fourth-order valence-corrected chi connectivity index (χ4v) is 3.47. The fraction of sp³-hybridized carbons (Fsp3) is 0.318. The molecule has 1 aliphatic carbocycles. The van der Waals surface area contributed by atoms with Crippen molar-refractivity contribution in [1.82, 2.24) is 10.2 Å². The van der Waals surface area contributed by atoms with Gasteiger partial charge in [-0.25, -0.2) is 4.39 Å². The number of rotatable bonds is 5. The SMILES string of the molecule is O=C(Nc1ccc(C(=O)N2CCCC2C(=O)NC2CC2)cc1)c1ccc(F)cc1. The Bertz CT molecular complexity index is 923. The third-order valence-electron chi connectivity index (χ3n) is 5.24. The van der Waals surface area contributed by atoms with Crippen LogP contribution in [0.4, 0.5) is 10.1 Å². The van der Waals surface area contributed by atoms with Crippen molar-refractivity contribution in [3.63, 3.8) is 0 Å². The number of hydrogen-bond donors (Lipinski definition) is 2. The predicted octanol–water partition coefficient (Wildman–Crippen LogP) is 2.96. The highest BCUT2D eigenvalue weighted by atomic mass is 19.1. The lowest BCUT2D eigenvalue weighted by atomic mass is 10.1. The van der Waals surface area contributed by atoms with Crippen LogP contribution in [0, 0.1) is 5.82 Å². The zero-order chi connectivity index (χ0) is 20.4. The van der Waals surface area contributed by atoms with E-state index in [2.05, 4.69) is 10.6 Å². The Labute approximate surface area is 168 Å². The predicted molar refractivity (Wildman–Crippen MR) is 106 cm³/mol. The highest BCUT2D eigenvalue weighted by Gasteiger charge is 2.36. The highest BCUT2D eigenvalue weighted by molar-refractivity contribution is 6.04. The summed E-state index contributed by atoms with van der Waals surface area (Å²) >= 11 is 0. The molecule has 3 amide bonds. The Hall–Kier alpha value is -3.22. The second-order valence-corrected chi connectivity index (χ2v) is 7.48. The molecule has 2 fully saturated rings. The van der Waals surface area contributed by atoms with E-state index in [4.69, 9.17) is 0 Å². The average Bonchev–Trinajstić information content (AvgIpc) is 3.39. The van der Waals surface area contributed by atoms with Gasteiger partial charge >= 0.3 is 0 Å². The third-order valence-corrected chi connectivity index (χ3v) is 5.24. The molecule has 1 saturated carbocycles. The number of carbonyl (C=O) groups excluding carboxylic acids is 3. The molecule has 2 N–H and O–H groups in total. The molecular formula is C22H22FN3O3. The summed E-state index contributed by atoms with van der Waals surface area (Å²) in [7, 11) is 0. The van der Waals surface area contributed by atoms with Crippen molar-refractivity contribution in [3.8, 4) is 0 Å². The zero-order valence-electron chi connectivity index (χ0n) is 15.9. The van der Waals surface area contributed by atoms with Crippen molar-refractivity contribution in [3.05, 3.63) is 65.5 Å². The van der Waals surface area contributed by atoms with Gasteiger partial charge in [0.25, 0.3) is 11.8 Å². The lowest BCUT2D eigenvalue weighted by Gasteiger charge is -2.24. The van der Waals surface area contributed by atoms with Crippen LogP contribution in [0.25, 0.3) is 0 Å². The van der Waals surface area contributed by atoms with Crippen LogP contribution in [0.3, 0.4) is 0 Å². The molecule has 1 saturated heterocycles. The van der Waals surface area contributed by atoms with Gasteiger partial charge in [0.1, 0.15) is 11.9 Å². The summed E-state index contributed by atoms with van der Waals surface area (Å²) < 4.78 is 13.0. The van der Waals surface area contributed by atoms with Crippen molar-refractivity contribution in [2.24, 2.45) is 0 Å². The summed E-state index contributed by atoms with van der Waals surface area (Å²) in [5.74, 6) is -1.02. The molecule has 1 heterocycles. The first-order chi connectivity index (χ1) is 14.0. The number of anilines is 1. The number of halogens is 1. The van der Waals surface area contributed by atoms with E-state index < -0.39 is 11.9 Å². The van der Waals surface area contributed by atoms with Gasteiger partial charge in [0.2, 0.25) is 5.91 Å². The van der Waals surface area contributed by atoms with Crippen LogP contribution in [0.15, 0.2) is 48.5 Å². The van der Waals surface area contributed by atoms with E-state index in [0.717, 1.165) is 19.3 Å². The van der Waals surface area contributed by atoms with E-state index in [0.29, 0.717) is 29.8 Å². The maximum Gasteiger partial charge on any atom is 0.255 e. The van der Waals surface area contributed by atoms with Crippen LogP contribution in [-0.2, 0) is 4.79 Å². The van der Waals surface area contributed by atoms with E-state index in [1.54, 1.807) is 29.2 Å². The van der Waals surface area contributed by atoms with Gasteiger partial charge < -0.3 is 15.5 Å². The largest absolute Gasteiger partial charge is 0.352 e. The average molecular weight is 395 g/mol. The first kappa shape index (κ1) is 19.1. The van der Waals surface area contributed by atoms with Gasteiger partial charge in [0.15, 0.2) is 0 Å². The summed E-state index contributed by atoms with van der Waals surface area (Å²) in [6.45, 7) is 0.560. The second-order valence-electron chi connectivity index (χ2n) is 7.48. The smallest absolute Gasteiger partial charge is 0.255 e. The second kappa shape index (κ2) is 8.03. The number of carbonyl (C=O) groups is 3. The molecule has 2 aromatic carbocycles. The fourth-order valence-electron chi connectivity index (χ4n) is 3.47. The van der Waals surface area contributed by atoms with E-state index in [1.165, 1.54) is 24.3 Å². The normalized spacial score (nSPS) is 18.4. The molecule has 4 rings (SSSR count). The number of likely N-dealkylation sites (tertiary alicyclic amines) is 1. The van der Waals surface area contributed by atoms with Crippen LogP contribution < -0.4 is 10.6 Å². The van der Waals surface area contributed by atoms with Gasteiger partial charge in [-0.05, 0) is 74.2 Å². The maximum absolute atomic E-state index is 13.0. The Balaban J connectivity index is 1.40. The van der Waals surface area contributed by atoms with Gasteiger partial charge in [0, 0.05) is 29.4 Å². The minimum Gasteiger partial charge on any atom is -0.352 e. The number of nitrogens with zero attached hydrogens (tertiary/aromatic N) is 1. The molecule has 0 radical (unpaired) electrons. The molecule has 6 nitrogen and oxygen atoms in total. The van der Waals surface area contributed by atoms with Crippen molar-refractivity contribution in [2.75, 3.05) is 11.9 Å². The van der Waals surface area contributed by atoms with E-state index in [1.807, 2.05) is 0 Å². The number of benzene rings is 2. The first-order valence-electron chi connectivity index (χ1n) is 9.79. The van der Waals surface area contributed by atoms with Crippen LogP contribution in [-0.4, -0.2) is 41.2 Å². The molecule has 0 bridgehead atoms. The Morgan fingerprint density at radius 3 is 2.21 bits per heavy atom. The lowest BCUT2D eigenvalue weighted by molar-refractivity contribution is -0.125. The molecule has 0 aromatic heterocycles. The van der Waals surface area contributed by atoms with Crippen LogP contribution in [0.1, 0.15) is 46.4 Å². The number of nitrogens with one attached hydrogen (secondary N) is 2. The minimum absolute atomic E-state index is 0.0680. The molecule has 2 aliphatic rings. The first-order valence-corrected chi connectivity index (χ1v) is 9.79. The Kier molecular flexibility index (Phi) is 5.29. The van der Waals surface area contributed by atoms with Crippen LogP contribution in [0.2, 0.25) is 0 Å². The Morgan fingerprint density at radius 2 is 1.55 bits per heavy atom. The molecule has 1 aliphatic heterocycles. The van der Waals surface area contributed by atoms with Crippen molar-refractivity contribution < 1.29 is 18.8 Å². The topological polar surface area (TPSA) is 78.5 Å². The summed E-state index contributed by atoms with van der Waals surface area (Å²) in [4.78, 5) is 39.1. The van der Waals surface area contributed by atoms with Gasteiger partial charge in [-0.15, -0.1) is 0 Å². The summed E-state index contributed by atoms with van der Waals surface area (Å²) in [5.41, 5.74) is 1.34. The van der Waals surface area contributed by atoms with Gasteiger partial charge in [-0.3, -0.25) is 14.4 Å². The Morgan fingerprint density at radius 1 is 0.897 bits per heavy atom. The molecule has 29 heavy (non-hydrogen) atoms. The monoisotopic (exact) mass is 395 g/mol. The number of hydrogen-bond acceptors (Lipinski definition) is 3. The standard InChI is InChI=1S/C22H22FN3O3/c23-16-7-3-14(4-8-16)20(27)24-17-9-5-15(6-10-17)22(29)26-13-1-2-19(26)21(28)25-18-11-12-18/h3-10,18-19H,1-2,11-13H2,(H,24,27)(H,25,28). The molecule has 0 spiro atoms. The quantitative estimate of drug-likeness (QED) is 0.817. The van der Waals surface area contributed by atoms with Gasteiger partial charge in [0.05, 0.1) is 0 Å². The lowest BCUT2D eigenvalue weighted by Crippen LogP contribution is -2.46. The van der Waals surface area contributed by atoms with Crippen LogP contribution in [0.5, 0.6) is 0 Å². The molecule has 1 atom stereocenters. The van der Waals surface area contributed by atoms with E-state index in [9.17, 15) is 18.8 Å². The van der Waals surface area contributed by atoms with Crippen molar-refractivity contribution in [2.45, 2.75) is 37.8 Å². The molecule has 7 heteroatoms. The summed E-state index contributed by atoms with van der Waals surface area (Å²) in [5, 5.41) is 5.70. The molecule has 150 valence electrons. The minimum atomic E-state index is -0.416. The van der Waals surface area contributed by atoms with Gasteiger partial charge in [-0.1, -0.05) is 0 Å². The van der Waals surface area contributed by atoms with Crippen LogP contribution >= 0.6 is 0 Å². The van der Waals surface area contributed by atoms with E-state index >= 15 is 0 Å². The maximum atomic E-state index is 13.0. The summed E-state index contributed by atoms with van der Waals surface area (Å²) in [6.07, 6.45) is 3.51. The van der Waals surface area contributed by atoms with Crippen molar-refractivity contribution in [1.29, 1.82) is 0 Å². The molecule has 1 unspecified atom stereocenters. The van der Waals surface area contributed by atoms with E-state index in [-0.39, 0.29) is 23.8 Å². The molecule has 2 aromatic rings. The third kappa shape index (κ3) is 4.45. The number of amides is 3. The summed E-state index contributed by atoms with van der Waals surface area (Å²) in [6, 6.07) is 11.7. The highest BCUT2D eigenvalue weighted by Crippen LogP contribution is 2.24. The molecular weight excluding hydrogens is 373 g/mol.